The summed E-state index contributed by atoms with van der Waals surface area (Å²) >= 11 is 0. The molecule has 1 amide bonds. The molecule has 0 saturated heterocycles. The largest absolute Gasteiger partial charge is 0.381 e. The quantitative estimate of drug-likeness (QED) is 0.659. The third kappa shape index (κ3) is 4.48. The van der Waals surface area contributed by atoms with Crippen LogP contribution in [0.25, 0.3) is 0 Å². The highest BCUT2D eigenvalue weighted by molar-refractivity contribution is 6.04. The molecule has 0 bridgehead atoms. The van der Waals surface area contributed by atoms with Gasteiger partial charge >= 0.3 is 0 Å². The van der Waals surface area contributed by atoms with Crippen LogP contribution in [0.2, 0.25) is 0 Å². The standard InChI is InChI=1S/C22H22N2O/c1-2-18-10-6-7-14-21(18)23-16-17-9-8-11-19(15-17)22(25)24-20-12-4-3-5-13-20/h3-15,23H,2,16H2,1H3,(H,24,25). The van der Waals surface area contributed by atoms with Gasteiger partial charge in [0.1, 0.15) is 0 Å². The molecule has 3 aromatic carbocycles. The fraction of sp³-hybridized carbons (Fsp3) is 0.136. The lowest BCUT2D eigenvalue weighted by Crippen LogP contribution is -2.12. The zero-order valence-corrected chi connectivity index (χ0v) is 14.3. The minimum Gasteiger partial charge on any atom is -0.381 e. The molecule has 3 heteroatoms. The molecule has 126 valence electrons. The Morgan fingerprint density at radius 2 is 1.64 bits per heavy atom. The Bertz CT molecular complexity index is 843. The lowest BCUT2D eigenvalue weighted by molar-refractivity contribution is 0.102. The van der Waals surface area contributed by atoms with E-state index in [2.05, 4.69) is 35.8 Å². The summed E-state index contributed by atoms with van der Waals surface area (Å²) < 4.78 is 0. The summed E-state index contributed by atoms with van der Waals surface area (Å²) in [4.78, 5) is 12.4. The van der Waals surface area contributed by atoms with Gasteiger partial charge < -0.3 is 10.6 Å². The van der Waals surface area contributed by atoms with Crippen molar-refractivity contribution in [2.75, 3.05) is 10.6 Å². The molecule has 3 nitrogen and oxygen atoms in total. The van der Waals surface area contributed by atoms with Gasteiger partial charge in [-0.2, -0.15) is 0 Å². The Kier molecular flexibility index (Phi) is 5.47. The van der Waals surface area contributed by atoms with Gasteiger partial charge in [0.05, 0.1) is 0 Å². The van der Waals surface area contributed by atoms with E-state index in [-0.39, 0.29) is 5.91 Å². The van der Waals surface area contributed by atoms with Gasteiger partial charge in [-0.1, -0.05) is 55.5 Å². The van der Waals surface area contributed by atoms with Crippen molar-refractivity contribution in [1.82, 2.24) is 0 Å². The molecule has 0 unspecified atom stereocenters. The van der Waals surface area contributed by atoms with Crippen LogP contribution in [0.1, 0.15) is 28.4 Å². The first-order chi connectivity index (χ1) is 12.3. The summed E-state index contributed by atoms with van der Waals surface area (Å²) in [6.45, 7) is 2.83. The maximum absolute atomic E-state index is 12.4. The molecular weight excluding hydrogens is 308 g/mol. The van der Waals surface area contributed by atoms with Gasteiger partial charge in [0.15, 0.2) is 0 Å². The number of nitrogens with one attached hydrogen (secondary N) is 2. The number of anilines is 2. The third-order valence-electron chi connectivity index (χ3n) is 4.10. The second kappa shape index (κ2) is 8.15. The van der Waals surface area contributed by atoms with E-state index in [0.717, 1.165) is 23.4 Å². The summed E-state index contributed by atoms with van der Waals surface area (Å²) in [5.41, 5.74) is 4.97. The lowest BCUT2D eigenvalue weighted by atomic mass is 10.1. The van der Waals surface area contributed by atoms with E-state index in [4.69, 9.17) is 0 Å². The summed E-state index contributed by atoms with van der Waals surface area (Å²) in [6, 6.07) is 25.5. The second-order valence-corrected chi connectivity index (χ2v) is 5.88. The van der Waals surface area contributed by atoms with E-state index in [0.29, 0.717) is 12.1 Å². The Hall–Kier alpha value is -3.07. The molecule has 0 atom stereocenters. The van der Waals surface area contributed by atoms with E-state index in [9.17, 15) is 4.79 Å². The molecule has 0 radical (unpaired) electrons. The molecule has 2 N–H and O–H groups in total. The molecule has 0 fully saturated rings. The predicted molar refractivity (Wildman–Crippen MR) is 104 cm³/mol. The molecule has 0 aliphatic heterocycles. The third-order valence-corrected chi connectivity index (χ3v) is 4.10. The topological polar surface area (TPSA) is 41.1 Å². The molecule has 0 aliphatic rings. The van der Waals surface area contributed by atoms with E-state index >= 15 is 0 Å². The molecule has 0 aliphatic carbocycles. The number of para-hydroxylation sites is 2. The maximum Gasteiger partial charge on any atom is 0.255 e. The van der Waals surface area contributed by atoms with Crippen LogP contribution in [-0.4, -0.2) is 5.91 Å². The normalized spacial score (nSPS) is 10.3. The molecular formula is C22H22N2O. The van der Waals surface area contributed by atoms with Crippen LogP contribution in [0.15, 0.2) is 78.9 Å². The van der Waals surface area contributed by atoms with Gasteiger partial charge in [-0.05, 0) is 47.9 Å². The van der Waals surface area contributed by atoms with Crippen LogP contribution in [0.3, 0.4) is 0 Å². The van der Waals surface area contributed by atoms with Gasteiger partial charge in [0.25, 0.3) is 5.91 Å². The van der Waals surface area contributed by atoms with Crippen molar-refractivity contribution in [1.29, 1.82) is 0 Å². The van der Waals surface area contributed by atoms with Crippen LogP contribution in [-0.2, 0) is 13.0 Å². The Balaban J connectivity index is 1.68. The molecule has 0 aromatic heterocycles. The number of hydrogen-bond donors (Lipinski definition) is 2. The smallest absolute Gasteiger partial charge is 0.255 e. The average Bonchev–Trinajstić information content (AvgIpc) is 2.67. The van der Waals surface area contributed by atoms with E-state index in [1.54, 1.807) is 0 Å². The van der Waals surface area contributed by atoms with Crippen LogP contribution < -0.4 is 10.6 Å². The van der Waals surface area contributed by atoms with E-state index < -0.39 is 0 Å². The van der Waals surface area contributed by atoms with Crippen molar-refractivity contribution in [3.63, 3.8) is 0 Å². The minimum atomic E-state index is -0.0954. The number of benzene rings is 3. The highest BCUT2D eigenvalue weighted by Gasteiger charge is 2.07. The summed E-state index contributed by atoms with van der Waals surface area (Å²) in [5.74, 6) is -0.0954. The van der Waals surface area contributed by atoms with Gasteiger partial charge in [-0.25, -0.2) is 0 Å². The van der Waals surface area contributed by atoms with Gasteiger partial charge in [0.2, 0.25) is 0 Å². The number of carbonyl (C=O) groups is 1. The summed E-state index contributed by atoms with van der Waals surface area (Å²) in [7, 11) is 0. The molecule has 25 heavy (non-hydrogen) atoms. The zero-order valence-electron chi connectivity index (χ0n) is 14.3. The fourth-order valence-corrected chi connectivity index (χ4v) is 2.75. The number of carbonyl (C=O) groups excluding carboxylic acids is 1. The number of aryl methyl sites for hydroxylation is 1. The second-order valence-electron chi connectivity index (χ2n) is 5.88. The molecule has 0 heterocycles. The van der Waals surface area contributed by atoms with Crippen LogP contribution in [0.4, 0.5) is 11.4 Å². The first-order valence-corrected chi connectivity index (χ1v) is 8.53. The first kappa shape index (κ1) is 16.8. The van der Waals surface area contributed by atoms with Crippen molar-refractivity contribution < 1.29 is 4.79 Å². The van der Waals surface area contributed by atoms with Crippen LogP contribution in [0, 0.1) is 0 Å². The predicted octanol–water partition coefficient (Wildman–Crippen LogP) is 5.11. The molecule has 0 saturated carbocycles. The molecule has 0 spiro atoms. The van der Waals surface area contributed by atoms with Crippen molar-refractivity contribution in [3.05, 3.63) is 95.6 Å². The van der Waals surface area contributed by atoms with E-state index in [1.807, 2.05) is 60.7 Å². The van der Waals surface area contributed by atoms with Gasteiger partial charge in [0, 0.05) is 23.5 Å². The van der Waals surface area contributed by atoms with Gasteiger partial charge in [-0.3, -0.25) is 4.79 Å². The van der Waals surface area contributed by atoms with Crippen LogP contribution in [0.5, 0.6) is 0 Å². The summed E-state index contributed by atoms with van der Waals surface area (Å²) in [5, 5.41) is 6.38. The minimum absolute atomic E-state index is 0.0954. The number of amides is 1. The lowest BCUT2D eigenvalue weighted by Gasteiger charge is -2.12. The number of rotatable bonds is 6. The maximum atomic E-state index is 12.4. The highest BCUT2D eigenvalue weighted by Crippen LogP contribution is 2.17. The SMILES string of the molecule is CCc1ccccc1NCc1cccc(C(=O)Nc2ccccc2)c1. The molecule has 3 aromatic rings. The van der Waals surface area contributed by atoms with E-state index in [1.165, 1.54) is 5.56 Å². The Labute approximate surface area is 148 Å². The van der Waals surface area contributed by atoms with Crippen LogP contribution >= 0.6 is 0 Å². The molecule has 3 rings (SSSR count). The Morgan fingerprint density at radius 3 is 2.44 bits per heavy atom. The van der Waals surface area contributed by atoms with Crippen molar-refractivity contribution in [3.8, 4) is 0 Å². The van der Waals surface area contributed by atoms with Crippen molar-refractivity contribution in [2.24, 2.45) is 0 Å². The average molecular weight is 330 g/mol. The zero-order chi connectivity index (χ0) is 17.5. The summed E-state index contributed by atoms with van der Waals surface area (Å²) in [6.07, 6.45) is 0.989. The Morgan fingerprint density at radius 1 is 0.880 bits per heavy atom. The van der Waals surface area contributed by atoms with Crippen molar-refractivity contribution in [2.45, 2.75) is 19.9 Å². The number of hydrogen-bond acceptors (Lipinski definition) is 2. The fourth-order valence-electron chi connectivity index (χ4n) is 2.75. The van der Waals surface area contributed by atoms with Gasteiger partial charge in [-0.15, -0.1) is 0 Å². The first-order valence-electron chi connectivity index (χ1n) is 8.53. The monoisotopic (exact) mass is 330 g/mol. The van der Waals surface area contributed by atoms with Crippen molar-refractivity contribution >= 4 is 17.3 Å². The highest BCUT2D eigenvalue weighted by atomic mass is 16.1.